The predicted molar refractivity (Wildman–Crippen MR) is 110 cm³/mol. The number of carbonyl (C=O) groups is 2. The van der Waals surface area contributed by atoms with E-state index in [1.165, 1.54) is 17.0 Å². The molecule has 0 fully saturated rings. The van der Waals surface area contributed by atoms with E-state index in [0.29, 0.717) is 19.5 Å². The number of benzene rings is 1. The van der Waals surface area contributed by atoms with Gasteiger partial charge in [0.15, 0.2) is 0 Å². The van der Waals surface area contributed by atoms with Crippen molar-refractivity contribution in [3.63, 3.8) is 0 Å². The van der Waals surface area contributed by atoms with Crippen molar-refractivity contribution in [2.45, 2.75) is 32.2 Å². The lowest BCUT2D eigenvalue weighted by atomic mass is 9.93. The number of fused-ring (bicyclic) bond motifs is 1. The fourth-order valence-corrected chi connectivity index (χ4v) is 4.53. The average molecular weight is 401 g/mol. The lowest BCUT2D eigenvalue weighted by Gasteiger charge is -2.37. The fourth-order valence-electron chi connectivity index (χ4n) is 3.63. The average Bonchev–Trinajstić information content (AvgIpc) is 3.16. The van der Waals surface area contributed by atoms with E-state index < -0.39 is 0 Å². The second-order valence-corrected chi connectivity index (χ2v) is 7.90. The van der Waals surface area contributed by atoms with Crippen LogP contribution in [-0.4, -0.2) is 41.2 Å². The third kappa shape index (κ3) is 4.33. The van der Waals surface area contributed by atoms with Gasteiger partial charge in [-0.3, -0.25) is 9.59 Å². The molecule has 0 saturated carbocycles. The standard InChI is InChI=1S/C22H25FN2O2S/c1-3-5-20(26)24(12-4-2)15-21(27)25-13-10-19-18(11-14-28-19)22(25)16-6-8-17(23)9-7-16/h4,6-9,11,14,22H,2-3,5,10,12-13,15H2,1H3/t22-/m1/s1. The zero-order chi connectivity index (χ0) is 20.1. The number of amides is 2. The number of rotatable bonds is 7. The molecule has 6 heteroatoms. The molecule has 2 amide bonds. The Bertz CT molecular complexity index is 846. The lowest BCUT2D eigenvalue weighted by molar-refractivity contribution is -0.141. The zero-order valence-corrected chi connectivity index (χ0v) is 16.9. The monoisotopic (exact) mass is 400 g/mol. The van der Waals surface area contributed by atoms with Crippen LogP contribution in [-0.2, 0) is 16.0 Å². The number of thiophene rings is 1. The number of halogens is 1. The highest BCUT2D eigenvalue weighted by atomic mass is 32.1. The lowest BCUT2D eigenvalue weighted by Crippen LogP contribution is -2.46. The molecule has 0 unspecified atom stereocenters. The maximum atomic E-state index is 13.4. The van der Waals surface area contributed by atoms with Crippen LogP contribution in [0.25, 0.3) is 0 Å². The van der Waals surface area contributed by atoms with E-state index in [1.54, 1.807) is 34.4 Å². The number of carbonyl (C=O) groups excluding carboxylic acids is 2. The summed E-state index contributed by atoms with van der Waals surface area (Å²) in [4.78, 5) is 30.2. The molecule has 1 aromatic carbocycles. The molecule has 1 aliphatic rings. The van der Waals surface area contributed by atoms with Gasteiger partial charge in [-0.05, 0) is 47.5 Å². The van der Waals surface area contributed by atoms with E-state index in [0.717, 1.165) is 24.0 Å². The minimum absolute atomic E-state index is 0.0298. The Morgan fingerprint density at radius 2 is 2.07 bits per heavy atom. The van der Waals surface area contributed by atoms with E-state index in [2.05, 4.69) is 6.58 Å². The van der Waals surface area contributed by atoms with Crippen LogP contribution < -0.4 is 0 Å². The summed E-state index contributed by atoms with van der Waals surface area (Å²) >= 11 is 1.68. The van der Waals surface area contributed by atoms with E-state index in [-0.39, 0.29) is 30.2 Å². The third-order valence-corrected chi connectivity index (χ3v) is 5.96. The van der Waals surface area contributed by atoms with Gasteiger partial charge in [-0.15, -0.1) is 17.9 Å². The summed E-state index contributed by atoms with van der Waals surface area (Å²) in [5.41, 5.74) is 1.97. The third-order valence-electron chi connectivity index (χ3n) is 4.96. The first-order valence-electron chi connectivity index (χ1n) is 9.55. The largest absolute Gasteiger partial charge is 0.330 e. The Kier molecular flexibility index (Phi) is 6.62. The van der Waals surface area contributed by atoms with Gasteiger partial charge in [0.25, 0.3) is 0 Å². The quantitative estimate of drug-likeness (QED) is 0.655. The minimum atomic E-state index is -0.301. The van der Waals surface area contributed by atoms with Crippen molar-refractivity contribution in [3.05, 3.63) is 70.2 Å². The molecule has 0 bridgehead atoms. The first-order chi connectivity index (χ1) is 13.5. The molecule has 148 valence electrons. The molecule has 2 aromatic rings. The van der Waals surface area contributed by atoms with Gasteiger partial charge in [-0.1, -0.05) is 25.1 Å². The highest BCUT2D eigenvalue weighted by Crippen LogP contribution is 2.37. The predicted octanol–water partition coefficient (Wildman–Crippen LogP) is 4.18. The second-order valence-electron chi connectivity index (χ2n) is 6.90. The molecule has 4 nitrogen and oxygen atoms in total. The van der Waals surface area contributed by atoms with Crippen molar-refractivity contribution in [1.82, 2.24) is 9.80 Å². The molecule has 28 heavy (non-hydrogen) atoms. The Morgan fingerprint density at radius 1 is 1.32 bits per heavy atom. The topological polar surface area (TPSA) is 40.6 Å². The van der Waals surface area contributed by atoms with Crippen molar-refractivity contribution in [2.75, 3.05) is 19.6 Å². The molecule has 1 atom stereocenters. The van der Waals surface area contributed by atoms with Gasteiger partial charge < -0.3 is 9.80 Å². The van der Waals surface area contributed by atoms with Gasteiger partial charge in [0.2, 0.25) is 11.8 Å². The van der Waals surface area contributed by atoms with Crippen LogP contribution in [0.2, 0.25) is 0 Å². The summed E-state index contributed by atoms with van der Waals surface area (Å²) < 4.78 is 13.4. The molecule has 0 N–H and O–H groups in total. The van der Waals surface area contributed by atoms with E-state index in [9.17, 15) is 14.0 Å². The van der Waals surface area contributed by atoms with Gasteiger partial charge in [-0.2, -0.15) is 0 Å². The highest BCUT2D eigenvalue weighted by Gasteiger charge is 2.33. The van der Waals surface area contributed by atoms with Crippen molar-refractivity contribution in [3.8, 4) is 0 Å². The summed E-state index contributed by atoms with van der Waals surface area (Å²) in [6.07, 6.45) is 3.59. The number of nitrogens with zero attached hydrogens (tertiary/aromatic N) is 2. The summed E-state index contributed by atoms with van der Waals surface area (Å²) in [6.45, 7) is 6.61. The summed E-state index contributed by atoms with van der Waals surface area (Å²) in [5.74, 6) is -0.440. The molecule has 0 aliphatic carbocycles. The molecule has 0 saturated heterocycles. The molecular formula is C22H25FN2O2S. The molecule has 1 aliphatic heterocycles. The van der Waals surface area contributed by atoms with Crippen molar-refractivity contribution < 1.29 is 14.0 Å². The molecule has 0 spiro atoms. The number of hydrogen-bond donors (Lipinski definition) is 0. The second kappa shape index (κ2) is 9.15. The Hall–Kier alpha value is -2.47. The fraction of sp³-hybridized carbons (Fsp3) is 0.364. The Labute approximate surface area is 169 Å². The van der Waals surface area contributed by atoms with Crippen LogP contribution in [0, 0.1) is 5.82 Å². The van der Waals surface area contributed by atoms with Crippen molar-refractivity contribution in [1.29, 1.82) is 0 Å². The Balaban J connectivity index is 1.87. The molecule has 0 radical (unpaired) electrons. The summed E-state index contributed by atoms with van der Waals surface area (Å²) in [7, 11) is 0. The van der Waals surface area contributed by atoms with E-state index in [1.807, 2.05) is 23.3 Å². The normalized spacial score (nSPS) is 15.8. The van der Waals surface area contributed by atoms with Crippen molar-refractivity contribution in [2.24, 2.45) is 0 Å². The molecule has 3 rings (SSSR count). The van der Waals surface area contributed by atoms with Crippen LogP contribution in [0.5, 0.6) is 0 Å². The maximum absolute atomic E-state index is 13.4. The summed E-state index contributed by atoms with van der Waals surface area (Å²) in [6, 6.07) is 8.10. The van der Waals surface area contributed by atoms with Crippen LogP contribution >= 0.6 is 11.3 Å². The van der Waals surface area contributed by atoms with Crippen LogP contribution in [0.15, 0.2) is 48.4 Å². The maximum Gasteiger partial charge on any atom is 0.243 e. The van der Waals surface area contributed by atoms with Gasteiger partial charge >= 0.3 is 0 Å². The van der Waals surface area contributed by atoms with Gasteiger partial charge in [0, 0.05) is 24.4 Å². The first kappa shape index (κ1) is 20.3. The zero-order valence-electron chi connectivity index (χ0n) is 16.1. The molecule has 1 aromatic heterocycles. The smallest absolute Gasteiger partial charge is 0.243 e. The van der Waals surface area contributed by atoms with Crippen LogP contribution in [0.1, 0.15) is 41.8 Å². The summed E-state index contributed by atoms with van der Waals surface area (Å²) in [5, 5.41) is 2.03. The van der Waals surface area contributed by atoms with E-state index >= 15 is 0 Å². The van der Waals surface area contributed by atoms with Crippen LogP contribution in [0.4, 0.5) is 4.39 Å². The first-order valence-corrected chi connectivity index (χ1v) is 10.4. The van der Waals surface area contributed by atoms with E-state index in [4.69, 9.17) is 0 Å². The number of hydrogen-bond acceptors (Lipinski definition) is 3. The van der Waals surface area contributed by atoms with Gasteiger partial charge in [0.1, 0.15) is 12.4 Å². The minimum Gasteiger partial charge on any atom is -0.330 e. The van der Waals surface area contributed by atoms with Gasteiger partial charge in [0.05, 0.1) is 6.04 Å². The van der Waals surface area contributed by atoms with Crippen LogP contribution in [0.3, 0.4) is 0 Å². The van der Waals surface area contributed by atoms with Crippen molar-refractivity contribution >= 4 is 23.2 Å². The molecule has 2 heterocycles. The Morgan fingerprint density at radius 3 is 2.75 bits per heavy atom. The molecular weight excluding hydrogens is 375 g/mol. The highest BCUT2D eigenvalue weighted by molar-refractivity contribution is 7.10. The SMILES string of the molecule is C=CCN(CC(=O)N1CCc2sccc2[C@H]1c1ccc(F)cc1)C(=O)CCC. The van der Waals surface area contributed by atoms with Gasteiger partial charge in [-0.25, -0.2) is 4.39 Å².